The molecule has 3 aromatic carbocycles. The molecule has 1 aromatic heterocycles. The van der Waals surface area contributed by atoms with Gasteiger partial charge in [-0.05, 0) is 23.6 Å². The topological polar surface area (TPSA) is 56.2 Å². The van der Waals surface area contributed by atoms with E-state index in [9.17, 15) is 4.79 Å². The van der Waals surface area contributed by atoms with Crippen molar-refractivity contribution >= 4 is 5.91 Å². The minimum Gasteiger partial charge on any atom is -0.492 e. The van der Waals surface area contributed by atoms with Crippen molar-refractivity contribution in [1.82, 2.24) is 15.1 Å². The molecule has 1 aliphatic heterocycles. The van der Waals surface area contributed by atoms with Crippen LogP contribution in [0, 0.1) is 5.92 Å². The molecule has 4 aromatic rings. The molecule has 0 bridgehead atoms. The molecule has 0 saturated heterocycles. The highest BCUT2D eigenvalue weighted by atomic mass is 16.5. The number of amides is 1. The van der Waals surface area contributed by atoms with Gasteiger partial charge in [0.2, 0.25) is 5.91 Å². The van der Waals surface area contributed by atoms with E-state index in [1.165, 1.54) is 5.56 Å². The first-order valence-electron chi connectivity index (χ1n) is 10.9. The van der Waals surface area contributed by atoms with Gasteiger partial charge >= 0.3 is 0 Å². The normalized spacial score (nSPS) is 14.9. The Bertz CT molecular complexity index is 1200. The molecule has 0 radical (unpaired) electrons. The number of hydrogen-bond acceptors (Lipinski definition) is 3. The van der Waals surface area contributed by atoms with Crippen molar-refractivity contribution < 1.29 is 9.53 Å². The third-order valence-electron chi connectivity index (χ3n) is 5.77. The molecule has 1 N–H and O–H groups in total. The average Bonchev–Trinajstić information content (AvgIpc) is 3.26. The van der Waals surface area contributed by atoms with Gasteiger partial charge in [0.1, 0.15) is 12.4 Å². The van der Waals surface area contributed by atoms with Crippen LogP contribution in [0.2, 0.25) is 0 Å². The van der Waals surface area contributed by atoms with Crippen LogP contribution in [0.15, 0.2) is 91.1 Å². The summed E-state index contributed by atoms with van der Waals surface area (Å²) in [5.41, 5.74) is 5.20. The number of ether oxygens (including phenoxy) is 1. The van der Waals surface area contributed by atoms with Crippen LogP contribution in [-0.2, 0) is 24.3 Å². The summed E-state index contributed by atoms with van der Waals surface area (Å²) >= 11 is 0. The number of carbonyl (C=O) groups excluding carboxylic acids is 1. The number of hydrogen-bond donors (Lipinski definition) is 1. The maximum Gasteiger partial charge on any atom is 0.227 e. The summed E-state index contributed by atoms with van der Waals surface area (Å²) in [6.07, 6.45) is 2.73. The highest BCUT2D eigenvalue weighted by Gasteiger charge is 2.26. The lowest BCUT2D eigenvalue weighted by molar-refractivity contribution is -0.126. The van der Waals surface area contributed by atoms with E-state index < -0.39 is 0 Å². The average molecular weight is 424 g/mol. The number of nitrogens with zero attached hydrogens (tertiary/aromatic N) is 2. The Balaban J connectivity index is 1.32. The summed E-state index contributed by atoms with van der Waals surface area (Å²) in [5, 5.41) is 7.95. The van der Waals surface area contributed by atoms with Gasteiger partial charge in [-0.25, -0.2) is 0 Å². The zero-order valence-corrected chi connectivity index (χ0v) is 17.8. The predicted molar refractivity (Wildman–Crippen MR) is 124 cm³/mol. The third-order valence-corrected chi connectivity index (χ3v) is 5.77. The van der Waals surface area contributed by atoms with E-state index >= 15 is 0 Å². The van der Waals surface area contributed by atoms with Crippen molar-refractivity contribution in [2.24, 2.45) is 5.92 Å². The van der Waals surface area contributed by atoms with Crippen molar-refractivity contribution in [3.63, 3.8) is 0 Å². The maximum absolute atomic E-state index is 12.9. The number of rotatable bonds is 6. The molecule has 0 aliphatic carbocycles. The van der Waals surface area contributed by atoms with Crippen molar-refractivity contribution in [3.05, 3.63) is 108 Å². The quantitative estimate of drug-likeness (QED) is 0.498. The highest BCUT2D eigenvalue weighted by Crippen LogP contribution is 2.27. The summed E-state index contributed by atoms with van der Waals surface area (Å²) in [6, 6.07) is 28.3. The molecule has 5 nitrogen and oxygen atoms in total. The second-order valence-corrected chi connectivity index (χ2v) is 8.09. The second kappa shape index (κ2) is 9.10. The van der Waals surface area contributed by atoms with Crippen LogP contribution in [0.5, 0.6) is 5.75 Å². The van der Waals surface area contributed by atoms with Crippen molar-refractivity contribution in [2.45, 2.75) is 19.5 Å². The van der Waals surface area contributed by atoms with E-state index in [1.54, 1.807) is 0 Å². The Morgan fingerprint density at radius 2 is 1.69 bits per heavy atom. The largest absolute Gasteiger partial charge is 0.492 e. The second-order valence-electron chi connectivity index (χ2n) is 8.09. The molecule has 1 atom stereocenters. The smallest absolute Gasteiger partial charge is 0.227 e. The number of fused-ring (bicyclic) bond motifs is 1. The van der Waals surface area contributed by atoms with Gasteiger partial charge in [0, 0.05) is 23.9 Å². The Kier molecular flexibility index (Phi) is 5.71. The van der Waals surface area contributed by atoms with Crippen LogP contribution in [0.3, 0.4) is 0 Å². The van der Waals surface area contributed by atoms with E-state index in [0.717, 1.165) is 28.1 Å². The number of benzene rings is 3. The van der Waals surface area contributed by atoms with Crippen molar-refractivity contribution in [1.29, 1.82) is 0 Å². The number of para-hydroxylation sites is 1. The van der Waals surface area contributed by atoms with E-state index in [-0.39, 0.29) is 11.8 Å². The number of carbonyl (C=O) groups is 1. The first-order chi connectivity index (χ1) is 15.8. The summed E-state index contributed by atoms with van der Waals surface area (Å²) < 4.78 is 7.74. The van der Waals surface area contributed by atoms with E-state index in [0.29, 0.717) is 26.1 Å². The van der Waals surface area contributed by atoms with Crippen LogP contribution in [0.4, 0.5) is 0 Å². The van der Waals surface area contributed by atoms with Gasteiger partial charge in [-0.2, -0.15) is 5.10 Å². The SMILES string of the molecule is O=C(NCc1cn(Cc2ccccc2)nc1-c1ccccc1)C1COc2ccccc2C1. The Labute approximate surface area is 187 Å². The summed E-state index contributed by atoms with van der Waals surface area (Å²) in [7, 11) is 0. The summed E-state index contributed by atoms with van der Waals surface area (Å²) in [5.74, 6) is 0.698. The maximum atomic E-state index is 12.9. The fourth-order valence-corrected chi connectivity index (χ4v) is 4.11. The molecule has 0 spiro atoms. The van der Waals surface area contributed by atoms with Gasteiger partial charge in [0.15, 0.2) is 0 Å². The lowest BCUT2D eigenvalue weighted by Crippen LogP contribution is -2.37. The Hall–Kier alpha value is -3.86. The molecule has 160 valence electrons. The molecular formula is C27H25N3O2. The molecule has 5 heteroatoms. The molecular weight excluding hydrogens is 398 g/mol. The summed E-state index contributed by atoms with van der Waals surface area (Å²) in [6.45, 7) is 1.51. The van der Waals surface area contributed by atoms with E-state index in [4.69, 9.17) is 9.84 Å². The van der Waals surface area contributed by atoms with E-state index in [1.807, 2.05) is 83.7 Å². The van der Waals surface area contributed by atoms with Crippen LogP contribution in [-0.4, -0.2) is 22.3 Å². The summed E-state index contributed by atoms with van der Waals surface area (Å²) in [4.78, 5) is 12.9. The first kappa shape index (κ1) is 20.1. The fourth-order valence-electron chi connectivity index (χ4n) is 4.11. The number of nitrogens with one attached hydrogen (secondary N) is 1. The van der Waals surface area contributed by atoms with Crippen LogP contribution < -0.4 is 10.1 Å². The molecule has 1 unspecified atom stereocenters. The van der Waals surface area contributed by atoms with Crippen LogP contribution >= 0.6 is 0 Å². The zero-order valence-electron chi connectivity index (χ0n) is 17.8. The molecule has 0 saturated carbocycles. The Morgan fingerprint density at radius 3 is 2.50 bits per heavy atom. The lowest BCUT2D eigenvalue weighted by Gasteiger charge is -2.24. The zero-order chi connectivity index (χ0) is 21.8. The molecule has 1 aliphatic rings. The Morgan fingerprint density at radius 1 is 0.969 bits per heavy atom. The minimum absolute atomic E-state index is 0.00863. The predicted octanol–water partition coefficient (Wildman–Crippen LogP) is 4.47. The number of aromatic nitrogens is 2. The monoisotopic (exact) mass is 423 g/mol. The van der Waals surface area contributed by atoms with Crippen molar-refractivity contribution in [3.8, 4) is 17.0 Å². The minimum atomic E-state index is -0.190. The van der Waals surface area contributed by atoms with E-state index in [2.05, 4.69) is 17.4 Å². The van der Waals surface area contributed by atoms with Crippen molar-refractivity contribution in [2.75, 3.05) is 6.61 Å². The van der Waals surface area contributed by atoms with Gasteiger partial charge in [0.05, 0.1) is 18.2 Å². The first-order valence-corrected chi connectivity index (χ1v) is 10.9. The molecule has 2 heterocycles. The van der Waals surface area contributed by atoms with Gasteiger partial charge in [-0.15, -0.1) is 0 Å². The highest BCUT2D eigenvalue weighted by molar-refractivity contribution is 5.80. The van der Waals surface area contributed by atoms with Gasteiger partial charge in [0.25, 0.3) is 0 Å². The molecule has 0 fully saturated rings. The lowest BCUT2D eigenvalue weighted by atomic mass is 9.96. The van der Waals surface area contributed by atoms with Gasteiger partial charge < -0.3 is 10.1 Å². The third kappa shape index (κ3) is 4.42. The van der Waals surface area contributed by atoms with Gasteiger partial charge in [-0.3, -0.25) is 9.48 Å². The van der Waals surface area contributed by atoms with Crippen LogP contribution in [0.1, 0.15) is 16.7 Å². The van der Waals surface area contributed by atoms with Crippen LogP contribution in [0.25, 0.3) is 11.3 Å². The molecule has 32 heavy (non-hydrogen) atoms. The standard InChI is InChI=1S/C27H25N3O2/c31-27(23-15-22-13-7-8-14-25(22)32-19-23)28-16-24-18-30(17-20-9-3-1-4-10-20)29-26(24)21-11-5-2-6-12-21/h1-14,18,23H,15-17,19H2,(H,28,31). The molecule has 1 amide bonds. The molecule has 5 rings (SSSR count). The fraction of sp³-hybridized carbons (Fsp3) is 0.185. The van der Waals surface area contributed by atoms with Gasteiger partial charge in [-0.1, -0.05) is 78.9 Å².